The Morgan fingerprint density at radius 1 is 0.967 bits per heavy atom. The van der Waals surface area contributed by atoms with Crippen molar-refractivity contribution in [3.63, 3.8) is 0 Å². The average Bonchev–Trinajstić information content (AvgIpc) is 2.51. The van der Waals surface area contributed by atoms with Crippen molar-refractivity contribution in [1.29, 1.82) is 0 Å². The Balaban J connectivity index is 5.56. The number of hydrogen-bond donors (Lipinski definition) is 0. The van der Waals surface area contributed by atoms with E-state index in [0.29, 0.717) is 13.0 Å². The van der Waals surface area contributed by atoms with E-state index in [2.05, 4.69) is 77.8 Å². The molecule has 0 saturated heterocycles. The molecule has 0 radical (unpaired) electrons. The van der Waals surface area contributed by atoms with Gasteiger partial charge in [-0.3, -0.25) is 4.18 Å². The first-order chi connectivity index (χ1) is 13.2. The summed E-state index contributed by atoms with van der Waals surface area (Å²) in [4.78, 5) is 2.89. The molecule has 0 spiro atoms. The monoisotopic (exact) mass is 481 g/mol. The highest BCUT2D eigenvalue weighted by atomic mass is 32.2. The molecule has 0 aliphatic carbocycles. The largest absolute Gasteiger partial charge is 0.416 e. The molecule has 0 aromatic carbocycles. The van der Waals surface area contributed by atoms with Crippen molar-refractivity contribution in [3.05, 3.63) is 10.4 Å². The maximum absolute atomic E-state index is 11.6. The second-order valence-corrected chi connectivity index (χ2v) is 22.3. The van der Waals surface area contributed by atoms with Gasteiger partial charge in [-0.15, -0.1) is 0 Å². The summed E-state index contributed by atoms with van der Waals surface area (Å²) in [5.74, 6) is -0.197. The molecule has 178 valence electrons. The number of rotatable bonds is 12. The van der Waals surface area contributed by atoms with E-state index in [0.717, 1.165) is 6.26 Å². The molecule has 0 aliphatic rings. The lowest BCUT2D eigenvalue weighted by molar-refractivity contribution is 0.103. The third-order valence-electron chi connectivity index (χ3n) is 6.22. The first-order valence-electron chi connectivity index (χ1n) is 10.4. The fourth-order valence-electron chi connectivity index (χ4n) is 2.20. The molecule has 0 unspecified atom stereocenters. The Hall–Kier alpha value is -0.426. The van der Waals surface area contributed by atoms with Crippen molar-refractivity contribution in [3.8, 4) is 0 Å². The Kier molecular flexibility index (Phi) is 10.8. The number of hydrogen-bond acceptors (Lipinski definition) is 6. The third-order valence-corrected chi connectivity index (χ3v) is 15.8. The van der Waals surface area contributed by atoms with Gasteiger partial charge in [0.1, 0.15) is 0 Å². The first-order valence-corrected chi connectivity index (χ1v) is 18.0. The van der Waals surface area contributed by atoms with E-state index in [1.165, 1.54) is 0 Å². The molecular weight excluding hydrogens is 438 g/mol. The Labute approximate surface area is 186 Å². The van der Waals surface area contributed by atoms with E-state index >= 15 is 0 Å². The molecule has 0 aromatic heterocycles. The summed E-state index contributed by atoms with van der Waals surface area (Å²) >= 11 is 0. The van der Waals surface area contributed by atoms with Gasteiger partial charge in [-0.25, -0.2) is 0 Å². The zero-order chi connectivity index (χ0) is 24.0. The summed E-state index contributed by atoms with van der Waals surface area (Å²) in [6, 6.07) is 0. The molecule has 2 atom stereocenters. The van der Waals surface area contributed by atoms with Gasteiger partial charge in [-0.05, 0) is 48.2 Å². The van der Waals surface area contributed by atoms with Crippen molar-refractivity contribution in [2.24, 2.45) is 11.0 Å². The van der Waals surface area contributed by atoms with Gasteiger partial charge in [-0.1, -0.05) is 46.7 Å². The van der Waals surface area contributed by atoms with Gasteiger partial charge < -0.3 is 8.85 Å². The quantitative estimate of drug-likeness (QED) is 0.117. The maximum Gasteiger partial charge on any atom is 0.264 e. The molecule has 0 amide bonds. The van der Waals surface area contributed by atoms with Crippen LogP contribution in [0.3, 0.4) is 0 Å². The molecule has 0 fully saturated rings. The van der Waals surface area contributed by atoms with Crippen LogP contribution in [-0.4, -0.2) is 57.2 Å². The highest BCUT2D eigenvalue weighted by Gasteiger charge is 2.40. The molecule has 0 rings (SSSR count). The lowest BCUT2D eigenvalue weighted by Gasteiger charge is -2.40. The Morgan fingerprint density at radius 2 is 1.47 bits per heavy atom. The SMILES string of the molecule is CC(C)(C)[Si](C)(C)OC[C@H](COS(C)(=O)=O)C[C@@H](CN=[N+]=[N-])O[Si](C)(C)C(C)(C)C. The van der Waals surface area contributed by atoms with Crippen LogP contribution < -0.4 is 0 Å². The van der Waals surface area contributed by atoms with Crippen molar-refractivity contribution in [2.45, 2.75) is 90.3 Å². The predicted molar refractivity (Wildman–Crippen MR) is 128 cm³/mol. The number of azide groups is 1. The summed E-state index contributed by atoms with van der Waals surface area (Å²) in [6.07, 6.45) is 1.22. The normalized spacial score (nSPS) is 16.1. The van der Waals surface area contributed by atoms with Crippen molar-refractivity contribution >= 4 is 26.8 Å². The van der Waals surface area contributed by atoms with E-state index in [-0.39, 0.29) is 35.3 Å². The van der Waals surface area contributed by atoms with Crippen LogP contribution in [0.1, 0.15) is 48.0 Å². The summed E-state index contributed by atoms with van der Waals surface area (Å²) < 4.78 is 41.1. The minimum absolute atomic E-state index is 0.00198. The van der Waals surface area contributed by atoms with Crippen LogP contribution in [0.5, 0.6) is 0 Å². The van der Waals surface area contributed by atoms with Gasteiger partial charge in [0.25, 0.3) is 10.1 Å². The molecule has 0 saturated carbocycles. The van der Waals surface area contributed by atoms with E-state index in [9.17, 15) is 8.42 Å². The molecule has 0 aromatic rings. The summed E-state index contributed by atoms with van der Waals surface area (Å²) in [6.45, 7) is 22.1. The summed E-state index contributed by atoms with van der Waals surface area (Å²) in [5, 5.41) is 3.77. The molecule has 0 heterocycles. The van der Waals surface area contributed by atoms with Crippen LogP contribution in [0.2, 0.25) is 36.3 Å². The minimum Gasteiger partial charge on any atom is -0.416 e. The van der Waals surface area contributed by atoms with Crippen molar-refractivity contribution in [2.75, 3.05) is 26.0 Å². The maximum atomic E-state index is 11.6. The standard InChI is InChI=1S/C19H43N3O5SSi2/c1-18(2,3)29(8,9)26-15-16(14-25-28(7,23)24)12-17(13-21-22-20)27-30(10,11)19(4,5)6/h16-17H,12-15H2,1-11H3/t16-,17-/m0/s1. The zero-order valence-corrected chi connectivity index (χ0v) is 23.6. The minimum atomic E-state index is -3.57. The molecule has 0 N–H and O–H groups in total. The van der Waals surface area contributed by atoms with Crippen LogP contribution >= 0.6 is 0 Å². The lowest BCUT2D eigenvalue weighted by Crippen LogP contribution is -2.46. The smallest absolute Gasteiger partial charge is 0.264 e. The molecule has 8 nitrogen and oxygen atoms in total. The van der Waals surface area contributed by atoms with E-state index < -0.39 is 26.8 Å². The Morgan fingerprint density at radius 3 is 1.87 bits per heavy atom. The van der Waals surface area contributed by atoms with Crippen LogP contribution in [-0.2, 0) is 23.2 Å². The summed E-state index contributed by atoms with van der Waals surface area (Å²) in [5.41, 5.74) is 8.81. The lowest BCUT2D eigenvalue weighted by atomic mass is 10.0. The van der Waals surface area contributed by atoms with E-state index in [4.69, 9.17) is 18.6 Å². The molecule has 0 bridgehead atoms. The molecule has 0 aliphatic heterocycles. The fourth-order valence-corrected chi connectivity index (χ4v) is 5.08. The third kappa shape index (κ3) is 10.7. The summed E-state index contributed by atoms with van der Waals surface area (Å²) in [7, 11) is -7.69. The highest BCUT2D eigenvalue weighted by Crippen LogP contribution is 2.39. The van der Waals surface area contributed by atoms with Gasteiger partial charge in [0, 0.05) is 17.4 Å². The topological polar surface area (TPSA) is 111 Å². The second-order valence-electron chi connectivity index (χ2n) is 11.1. The Bertz CT molecular complexity index is 694. The van der Waals surface area contributed by atoms with Gasteiger partial charge in [0.05, 0.1) is 25.5 Å². The van der Waals surface area contributed by atoms with Gasteiger partial charge in [0.2, 0.25) is 0 Å². The van der Waals surface area contributed by atoms with Crippen molar-refractivity contribution in [1.82, 2.24) is 0 Å². The van der Waals surface area contributed by atoms with E-state index in [1.54, 1.807) is 0 Å². The van der Waals surface area contributed by atoms with Gasteiger partial charge in [0.15, 0.2) is 16.6 Å². The van der Waals surface area contributed by atoms with E-state index in [1.807, 2.05) is 0 Å². The number of nitrogens with zero attached hydrogens (tertiary/aromatic N) is 3. The van der Waals surface area contributed by atoms with Crippen LogP contribution in [0.25, 0.3) is 10.4 Å². The second kappa shape index (κ2) is 10.9. The van der Waals surface area contributed by atoms with Gasteiger partial charge in [-0.2, -0.15) is 8.42 Å². The van der Waals surface area contributed by atoms with Crippen molar-refractivity contribution < 1.29 is 21.5 Å². The molecule has 11 heteroatoms. The highest BCUT2D eigenvalue weighted by molar-refractivity contribution is 7.85. The van der Waals surface area contributed by atoms with Gasteiger partial charge >= 0.3 is 0 Å². The molecular formula is C19H43N3O5SSi2. The fraction of sp³-hybridized carbons (Fsp3) is 1.00. The van der Waals surface area contributed by atoms with Crippen LogP contribution in [0.4, 0.5) is 0 Å². The zero-order valence-electron chi connectivity index (χ0n) is 20.8. The van der Waals surface area contributed by atoms with Crippen LogP contribution in [0.15, 0.2) is 5.11 Å². The predicted octanol–water partition coefficient (Wildman–Crippen LogP) is 5.69. The first kappa shape index (κ1) is 29.6. The van der Waals surface area contributed by atoms with Crippen LogP contribution in [0, 0.1) is 5.92 Å². The molecule has 30 heavy (non-hydrogen) atoms. The average molecular weight is 482 g/mol.